The number of benzene rings is 2. The summed E-state index contributed by atoms with van der Waals surface area (Å²) in [5, 5.41) is 0. The van der Waals surface area contributed by atoms with E-state index in [9.17, 15) is 16.8 Å². The maximum Gasteiger partial charge on any atom is 0.296 e. The summed E-state index contributed by atoms with van der Waals surface area (Å²) < 4.78 is 79.7. The summed E-state index contributed by atoms with van der Waals surface area (Å²) in [4.78, 5) is 0.137. The van der Waals surface area contributed by atoms with Gasteiger partial charge in [-0.2, -0.15) is 16.8 Å². The summed E-state index contributed by atoms with van der Waals surface area (Å²) >= 11 is 0. The molecule has 210 valence electrons. The monoisotopic (exact) mass is 582 g/mol. The molecule has 2 saturated heterocycles. The molecule has 0 N–H and O–H groups in total. The van der Waals surface area contributed by atoms with E-state index in [4.69, 9.17) is 17.8 Å². The molecule has 0 aromatic heterocycles. The standard InChI is InChI=1S/C30H30O8S2/c1-21-3-7-23(8-4-21)39(31,32)35-19-29-25-11-12-26(29)16-18-28(38-26)14-13-27(37-25,17-15-25)30(28,29)20-36-40(33,34)24-9-5-22(2)6-10-24/h3-10,15-18H,11-14,19-20H2,1-2H3/t25-,26+,27+,28-,29?,30?. The second-order valence-corrected chi connectivity index (χ2v) is 15.5. The lowest BCUT2D eigenvalue weighted by Crippen LogP contribution is -2.66. The van der Waals surface area contributed by atoms with Crippen molar-refractivity contribution in [3.8, 4) is 0 Å². The van der Waals surface area contributed by atoms with Crippen LogP contribution in [0.3, 0.4) is 0 Å². The minimum atomic E-state index is -4.12. The fraction of sp³-hybridized carbons (Fsp3) is 0.467. The first-order valence-corrected chi connectivity index (χ1v) is 16.5. The van der Waals surface area contributed by atoms with Crippen molar-refractivity contribution in [2.75, 3.05) is 13.2 Å². The van der Waals surface area contributed by atoms with Gasteiger partial charge >= 0.3 is 0 Å². The van der Waals surface area contributed by atoms with Crippen molar-refractivity contribution in [3.63, 3.8) is 0 Å². The highest BCUT2D eigenvalue weighted by Crippen LogP contribution is 2.89. The SMILES string of the molecule is Cc1ccc(S(=O)(=O)OCC23C4(COS(=O)(=O)c5ccc(C)cc5)[C@@]56C=C[C@@]2(CC[C@]32C=C[C@@]4(CC5)O2)O6)cc1. The average molecular weight is 583 g/mol. The Bertz CT molecular complexity index is 1560. The van der Waals surface area contributed by atoms with Crippen LogP contribution in [0.2, 0.25) is 0 Å². The van der Waals surface area contributed by atoms with Crippen molar-refractivity contribution in [3.05, 3.63) is 84.0 Å². The number of aryl methyl sites for hydroxylation is 2. The summed E-state index contributed by atoms with van der Waals surface area (Å²) in [6, 6.07) is 13.1. The van der Waals surface area contributed by atoms with Gasteiger partial charge in [0.15, 0.2) is 0 Å². The van der Waals surface area contributed by atoms with E-state index in [1.807, 2.05) is 38.2 Å². The maximum atomic E-state index is 13.5. The summed E-state index contributed by atoms with van der Waals surface area (Å²) in [6.07, 6.45) is 10.6. The smallest absolute Gasteiger partial charge is 0.296 e. The van der Waals surface area contributed by atoms with E-state index >= 15 is 0 Å². The predicted octanol–water partition coefficient (Wildman–Crippen LogP) is 4.13. The van der Waals surface area contributed by atoms with Crippen LogP contribution in [-0.2, 0) is 38.1 Å². The van der Waals surface area contributed by atoms with Crippen LogP contribution in [-0.4, -0.2) is 52.5 Å². The summed E-state index contributed by atoms with van der Waals surface area (Å²) in [7, 11) is -8.24. The average Bonchev–Trinajstić information content (AvgIpc) is 3.71. The van der Waals surface area contributed by atoms with Gasteiger partial charge in [0.25, 0.3) is 20.2 Å². The van der Waals surface area contributed by atoms with Gasteiger partial charge in [0.2, 0.25) is 0 Å². The summed E-state index contributed by atoms with van der Waals surface area (Å²) in [5.41, 5.74) is -3.58. The molecule has 10 heteroatoms. The van der Waals surface area contributed by atoms with Crippen molar-refractivity contribution in [1.29, 1.82) is 0 Å². The Hall–Kier alpha value is -2.34. The molecular weight excluding hydrogens is 552 g/mol. The third-order valence-corrected chi connectivity index (χ3v) is 13.4. The van der Waals surface area contributed by atoms with Gasteiger partial charge in [-0.05, 0) is 63.8 Å². The molecule has 8 rings (SSSR count). The number of hydrogen-bond acceptors (Lipinski definition) is 8. The molecule has 2 aromatic carbocycles. The molecule has 4 fully saturated rings. The van der Waals surface area contributed by atoms with Gasteiger partial charge in [0.1, 0.15) is 0 Å². The summed E-state index contributed by atoms with van der Waals surface area (Å²) in [6.45, 7) is 3.35. The van der Waals surface area contributed by atoms with Gasteiger partial charge in [-0.3, -0.25) is 8.37 Å². The quantitative estimate of drug-likeness (QED) is 0.338. The largest absolute Gasteiger partial charge is 0.359 e. The van der Waals surface area contributed by atoms with E-state index in [0.717, 1.165) is 11.1 Å². The van der Waals surface area contributed by atoms with E-state index in [1.165, 1.54) is 24.3 Å². The number of rotatable bonds is 8. The Labute approximate surface area is 234 Å². The van der Waals surface area contributed by atoms with Gasteiger partial charge < -0.3 is 9.47 Å². The third-order valence-electron chi connectivity index (χ3n) is 10.8. The highest BCUT2D eigenvalue weighted by Gasteiger charge is 2.98. The molecule has 8 nitrogen and oxygen atoms in total. The Morgan fingerprint density at radius 2 is 0.875 bits per heavy atom. The molecule has 2 aliphatic carbocycles. The van der Waals surface area contributed by atoms with Crippen LogP contribution >= 0.6 is 0 Å². The lowest BCUT2D eigenvalue weighted by atomic mass is 9.45. The molecule has 40 heavy (non-hydrogen) atoms. The van der Waals surface area contributed by atoms with Crippen LogP contribution in [0, 0.1) is 24.7 Å². The van der Waals surface area contributed by atoms with Crippen molar-refractivity contribution in [1.82, 2.24) is 0 Å². The molecule has 0 amide bonds. The molecule has 4 bridgehead atoms. The molecular formula is C30H30O8S2. The van der Waals surface area contributed by atoms with Crippen molar-refractivity contribution < 1.29 is 34.7 Å². The van der Waals surface area contributed by atoms with Crippen LogP contribution in [0.1, 0.15) is 36.8 Å². The minimum absolute atomic E-state index is 0.0687. The zero-order valence-electron chi connectivity index (χ0n) is 22.3. The Morgan fingerprint density at radius 1 is 0.575 bits per heavy atom. The summed E-state index contributed by atoms with van der Waals surface area (Å²) in [5.74, 6) is 0. The van der Waals surface area contributed by atoms with E-state index in [0.29, 0.717) is 25.7 Å². The zero-order valence-corrected chi connectivity index (χ0v) is 23.9. The Kier molecular flexibility index (Phi) is 4.66. The van der Waals surface area contributed by atoms with E-state index in [2.05, 4.69) is 0 Å². The highest BCUT2D eigenvalue weighted by molar-refractivity contribution is 7.87. The van der Waals surface area contributed by atoms with Crippen molar-refractivity contribution >= 4 is 20.2 Å². The van der Waals surface area contributed by atoms with Crippen LogP contribution in [0.25, 0.3) is 0 Å². The zero-order chi connectivity index (χ0) is 27.9. The first-order valence-electron chi connectivity index (χ1n) is 13.6. The molecule has 4 aliphatic heterocycles. The Morgan fingerprint density at radius 3 is 1.18 bits per heavy atom. The van der Waals surface area contributed by atoms with Crippen LogP contribution in [0.15, 0.2) is 82.6 Å². The lowest BCUT2D eigenvalue weighted by molar-refractivity contribution is -0.110. The molecule has 2 saturated carbocycles. The Balaban J connectivity index is 1.25. The molecule has 4 heterocycles. The molecule has 2 unspecified atom stereocenters. The van der Waals surface area contributed by atoms with Crippen LogP contribution in [0.5, 0.6) is 0 Å². The second kappa shape index (κ2) is 7.35. The topological polar surface area (TPSA) is 105 Å². The van der Waals surface area contributed by atoms with Gasteiger partial charge in [0, 0.05) is 0 Å². The van der Waals surface area contributed by atoms with Crippen molar-refractivity contribution in [2.24, 2.45) is 10.8 Å². The molecule has 6 aliphatic rings. The van der Waals surface area contributed by atoms with Gasteiger partial charge in [-0.1, -0.05) is 59.7 Å². The van der Waals surface area contributed by atoms with Crippen molar-refractivity contribution in [2.45, 2.75) is 71.7 Å². The maximum absolute atomic E-state index is 13.5. The van der Waals surface area contributed by atoms with Gasteiger partial charge in [-0.15, -0.1) is 0 Å². The highest BCUT2D eigenvalue weighted by atomic mass is 32.2. The molecule has 6 atom stereocenters. The fourth-order valence-electron chi connectivity index (χ4n) is 9.15. The van der Waals surface area contributed by atoms with Gasteiger partial charge in [-0.25, -0.2) is 0 Å². The van der Waals surface area contributed by atoms with E-state index in [1.54, 1.807) is 24.3 Å². The minimum Gasteiger partial charge on any atom is -0.359 e. The van der Waals surface area contributed by atoms with Crippen LogP contribution < -0.4 is 0 Å². The first-order chi connectivity index (χ1) is 18.9. The third kappa shape index (κ3) is 2.59. The number of hydrogen-bond donors (Lipinski definition) is 0. The lowest BCUT2D eigenvalue weighted by Gasteiger charge is -2.53. The van der Waals surface area contributed by atoms with Crippen LogP contribution in [0.4, 0.5) is 0 Å². The van der Waals surface area contributed by atoms with E-state index < -0.39 is 53.5 Å². The van der Waals surface area contributed by atoms with Gasteiger partial charge in [0.05, 0.1) is 56.2 Å². The fourth-order valence-corrected chi connectivity index (χ4v) is 11.0. The van der Waals surface area contributed by atoms with E-state index in [-0.39, 0.29) is 23.0 Å². The molecule has 0 radical (unpaired) electrons. The second-order valence-electron chi connectivity index (χ2n) is 12.3. The first kappa shape index (κ1) is 25.4. The molecule has 2 aromatic rings. The number of ether oxygens (including phenoxy) is 2. The normalized spacial score (nSPS) is 41.4. The molecule has 4 spiro atoms. The predicted molar refractivity (Wildman–Crippen MR) is 143 cm³/mol.